The van der Waals surface area contributed by atoms with Crippen molar-refractivity contribution >= 4 is 40.7 Å². The minimum absolute atomic E-state index is 0.0619. The molecular formula is C27H25Cl2FN6O2. The van der Waals surface area contributed by atoms with Gasteiger partial charge in [0.2, 0.25) is 5.95 Å². The lowest BCUT2D eigenvalue weighted by Crippen LogP contribution is -2.31. The number of halogens is 3. The van der Waals surface area contributed by atoms with Crippen molar-refractivity contribution in [2.75, 3.05) is 31.0 Å². The summed E-state index contributed by atoms with van der Waals surface area (Å²) < 4.78 is 22.8. The van der Waals surface area contributed by atoms with Crippen molar-refractivity contribution in [1.29, 1.82) is 0 Å². The molecule has 196 valence electrons. The summed E-state index contributed by atoms with van der Waals surface area (Å²) in [6, 6.07) is 10.8. The highest BCUT2D eigenvalue weighted by Gasteiger charge is 2.46. The monoisotopic (exact) mass is 554 g/mol. The maximum atomic E-state index is 15.3. The number of hydrogen-bond donors (Lipinski definition) is 0. The lowest BCUT2D eigenvalue weighted by atomic mass is 10.0. The van der Waals surface area contributed by atoms with E-state index in [1.54, 1.807) is 29.3 Å². The first-order chi connectivity index (χ1) is 18.1. The van der Waals surface area contributed by atoms with Crippen LogP contribution in [0.15, 0.2) is 48.7 Å². The number of amides is 1. The van der Waals surface area contributed by atoms with Crippen molar-refractivity contribution in [2.45, 2.75) is 25.9 Å². The predicted molar refractivity (Wildman–Crippen MR) is 146 cm³/mol. The van der Waals surface area contributed by atoms with Crippen molar-refractivity contribution < 1.29 is 13.9 Å². The van der Waals surface area contributed by atoms with Gasteiger partial charge in [-0.05, 0) is 43.7 Å². The van der Waals surface area contributed by atoms with Crippen molar-refractivity contribution in [3.63, 3.8) is 0 Å². The van der Waals surface area contributed by atoms with Crippen LogP contribution in [0.2, 0.25) is 10.0 Å². The Labute approximate surface area is 229 Å². The van der Waals surface area contributed by atoms with E-state index in [1.165, 1.54) is 24.1 Å². The van der Waals surface area contributed by atoms with E-state index in [4.69, 9.17) is 37.9 Å². The average molecular weight is 555 g/mol. The summed E-state index contributed by atoms with van der Waals surface area (Å²) in [7, 11) is 5.19. The van der Waals surface area contributed by atoms with Crippen molar-refractivity contribution in [3.8, 4) is 17.3 Å². The van der Waals surface area contributed by atoms with E-state index in [0.29, 0.717) is 33.9 Å². The molecule has 0 N–H and O–H groups in total. The summed E-state index contributed by atoms with van der Waals surface area (Å²) in [5, 5.41) is 0.461. The van der Waals surface area contributed by atoms with Gasteiger partial charge in [0.15, 0.2) is 28.8 Å². The molecule has 5 rings (SSSR count). The summed E-state index contributed by atoms with van der Waals surface area (Å²) in [4.78, 5) is 31.0. The first-order valence-electron chi connectivity index (χ1n) is 11.9. The van der Waals surface area contributed by atoms with Crippen LogP contribution in [0.5, 0.6) is 5.75 Å². The molecule has 0 bridgehead atoms. The SMILES string of the molecule is COc1cnc(N(C)C)nc1-c1nc2c(n1C(C)C)C(c1ccc(Cl)cc1)N(c1cccc(Cl)c1F)C2=O. The van der Waals surface area contributed by atoms with Crippen molar-refractivity contribution in [1.82, 2.24) is 19.5 Å². The van der Waals surface area contributed by atoms with E-state index in [-0.39, 0.29) is 22.4 Å². The molecule has 1 aliphatic rings. The Hall–Kier alpha value is -3.69. The highest BCUT2D eigenvalue weighted by Crippen LogP contribution is 2.46. The molecule has 8 nitrogen and oxygen atoms in total. The molecule has 1 aliphatic heterocycles. The topological polar surface area (TPSA) is 76.4 Å². The number of anilines is 2. The normalized spacial score (nSPS) is 14.8. The Morgan fingerprint density at radius 1 is 1.05 bits per heavy atom. The number of benzene rings is 2. The molecular weight excluding hydrogens is 530 g/mol. The van der Waals surface area contributed by atoms with Crippen LogP contribution in [0.3, 0.4) is 0 Å². The molecule has 0 saturated carbocycles. The second-order valence-corrected chi connectivity index (χ2v) is 10.2. The molecule has 1 atom stereocenters. The van der Waals surface area contributed by atoms with Crippen LogP contribution in [0.1, 0.15) is 47.7 Å². The number of nitrogens with zero attached hydrogens (tertiary/aromatic N) is 6. The molecule has 3 heterocycles. The number of methoxy groups -OCH3 is 1. The summed E-state index contributed by atoms with van der Waals surface area (Å²) >= 11 is 12.3. The molecule has 38 heavy (non-hydrogen) atoms. The van der Waals surface area contributed by atoms with Crippen LogP contribution in [0.4, 0.5) is 16.0 Å². The van der Waals surface area contributed by atoms with Crippen molar-refractivity contribution in [2.24, 2.45) is 0 Å². The number of carbonyl (C=O) groups excluding carboxylic acids is 1. The fraction of sp³-hybridized carbons (Fsp3) is 0.259. The lowest BCUT2D eigenvalue weighted by molar-refractivity contribution is 0.0988. The summed E-state index contributed by atoms with van der Waals surface area (Å²) in [5.41, 5.74) is 2.04. The Morgan fingerprint density at radius 2 is 1.76 bits per heavy atom. The first kappa shape index (κ1) is 25.9. The molecule has 4 aromatic rings. The average Bonchev–Trinajstić information content (AvgIpc) is 3.41. The van der Waals surface area contributed by atoms with Gasteiger partial charge in [-0.2, -0.15) is 0 Å². The number of imidazole rings is 1. The summed E-state index contributed by atoms with van der Waals surface area (Å²) in [5.74, 6) is 0.182. The third-order valence-corrected chi connectivity index (χ3v) is 6.90. The van der Waals surface area contributed by atoms with Gasteiger partial charge in [-0.1, -0.05) is 41.4 Å². The smallest absolute Gasteiger partial charge is 0.279 e. The summed E-state index contributed by atoms with van der Waals surface area (Å²) in [6.45, 7) is 3.97. The molecule has 0 fully saturated rings. The van der Waals surface area contributed by atoms with Gasteiger partial charge in [-0.3, -0.25) is 9.69 Å². The molecule has 0 radical (unpaired) electrons. The third kappa shape index (κ3) is 4.16. The number of aromatic nitrogens is 4. The van der Waals surface area contributed by atoms with Gasteiger partial charge in [0.1, 0.15) is 6.04 Å². The molecule has 2 aromatic heterocycles. The Morgan fingerprint density at radius 3 is 2.39 bits per heavy atom. The van der Waals surface area contributed by atoms with E-state index in [0.717, 1.165) is 5.56 Å². The Balaban J connectivity index is 1.80. The zero-order chi connectivity index (χ0) is 27.3. The molecule has 1 unspecified atom stereocenters. The highest BCUT2D eigenvalue weighted by molar-refractivity contribution is 6.31. The Kier molecular flexibility index (Phi) is 6.75. The maximum absolute atomic E-state index is 15.3. The van der Waals surface area contributed by atoms with Gasteiger partial charge in [0.25, 0.3) is 5.91 Å². The number of rotatable bonds is 6. The van der Waals surface area contributed by atoms with Crippen LogP contribution in [0, 0.1) is 5.82 Å². The van der Waals surface area contributed by atoms with Crippen LogP contribution in [0.25, 0.3) is 11.5 Å². The number of hydrogen-bond acceptors (Lipinski definition) is 6. The second-order valence-electron chi connectivity index (χ2n) is 9.32. The Bertz CT molecular complexity index is 1540. The minimum Gasteiger partial charge on any atom is -0.493 e. The number of fused-ring (bicyclic) bond motifs is 1. The molecule has 0 saturated heterocycles. The predicted octanol–water partition coefficient (Wildman–Crippen LogP) is 6.19. The molecule has 0 aliphatic carbocycles. The van der Waals surface area contributed by atoms with E-state index in [2.05, 4.69) is 4.98 Å². The van der Waals surface area contributed by atoms with Gasteiger partial charge in [0.05, 0.1) is 29.7 Å². The van der Waals surface area contributed by atoms with Gasteiger partial charge in [-0.15, -0.1) is 0 Å². The molecule has 11 heteroatoms. The first-order valence-corrected chi connectivity index (χ1v) is 12.6. The van der Waals surface area contributed by atoms with Crippen LogP contribution < -0.4 is 14.5 Å². The standard InChI is InChI=1S/C27H25Cl2FN6O2/c1-14(2)35-24-22(32-25(35)21-19(38-5)13-31-27(33-21)34(3)4)26(37)36(18-8-6-7-17(29)20(18)30)23(24)15-9-11-16(28)12-10-15/h6-14,23H,1-5H3. The lowest BCUT2D eigenvalue weighted by Gasteiger charge is -2.29. The largest absolute Gasteiger partial charge is 0.493 e. The highest BCUT2D eigenvalue weighted by atomic mass is 35.5. The summed E-state index contributed by atoms with van der Waals surface area (Å²) in [6.07, 6.45) is 1.58. The van der Waals surface area contributed by atoms with E-state index >= 15 is 4.39 Å². The van der Waals surface area contributed by atoms with E-state index in [9.17, 15) is 4.79 Å². The molecule has 2 aromatic carbocycles. The number of carbonyl (C=O) groups is 1. The zero-order valence-electron chi connectivity index (χ0n) is 21.4. The van der Waals surface area contributed by atoms with Gasteiger partial charge >= 0.3 is 0 Å². The van der Waals surface area contributed by atoms with E-state index in [1.807, 2.05) is 44.6 Å². The molecule has 1 amide bonds. The fourth-order valence-electron chi connectivity index (χ4n) is 4.67. The van der Waals surface area contributed by atoms with Crippen LogP contribution in [-0.4, -0.2) is 46.6 Å². The second kappa shape index (κ2) is 9.89. The van der Waals surface area contributed by atoms with Crippen LogP contribution in [-0.2, 0) is 0 Å². The van der Waals surface area contributed by atoms with Gasteiger partial charge in [0, 0.05) is 25.2 Å². The number of ether oxygens (including phenoxy) is 1. The zero-order valence-corrected chi connectivity index (χ0v) is 22.9. The minimum atomic E-state index is -0.701. The van der Waals surface area contributed by atoms with Gasteiger partial charge < -0.3 is 14.2 Å². The van der Waals surface area contributed by atoms with Crippen molar-refractivity contribution in [3.05, 3.63) is 81.5 Å². The third-order valence-electron chi connectivity index (χ3n) is 6.35. The fourth-order valence-corrected chi connectivity index (χ4v) is 4.97. The quantitative estimate of drug-likeness (QED) is 0.283. The van der Waals surface area contributed by atoms with Gasteiger partial charge in [-0.25, -0.2) is 19.3 Å². The maximum Gasteiger partial charge on any atom is 0.279 e. The molecule has 0 spiro atoms. The van der Waals surface area contributed by atoms with E-state index < -0.39 is 17.8 Å². The van der Waals surface area contributed by atoms with Crippen LogP contribution >= 0.6 is 23.2 Å².